The van der Waals surface area contributed by atoms with Crippen molar-refractivity contribution in [1.29, 1.82) is 0 Å². The van der Waals surface area contributed by atoms with Crippen molar-refractivity contribution in [3.05, 3.63) is 33.4 Å². The molecular weight excluding hydrogens is 276 g/mol. The van der Waals surface area contributed by atoms with E-state index in [4.69, 9.17) is 10.5 Å². The van der Waals surface area contributed by atoms with Crippen LogP contribution in [0.15, 0.2) is 12.1 Å². The number of hydrogen-bond acceptors (Lipinski definition) is 6. The molecule has 1 unspecified atom stereocenters. The minimum Gasteiger partial charge on any atom is -0.493 e. The molecule has 1 rings (SSSR count). The number of hydrogen-bond donors (Lipinski definition) is 1. The Hall–Kier alpha value is -2.15. The Morgan fingerprint density at radius 2 is 2.00 bits per heavy atom. The molecule has 0 aromatic heterocycles. The van der Waals surface area contributed by atoms with Gasteiger partial charge in [0.2, 0.25) is 0 Å². The minimum atomic E-state index is -1.15. The first-order valence-corrected chi connectivity index (χ1v) is 6.44. The van der Waals surface area contributed by atoms with Gasteiger partial charge in [-0.1, -0.05) is 0 Å². The van der Waals surface area contributed by atoms with Crippen molar-refractivity contribution in [3.8, 4) is 5.75 Å². The molecule has 0 aliphatic heterocycles. The van der Waals surface area contributed by atoms with Crippen molar-refractivity contribution >= 4 is 11.7 Å². The average Bonchev–Trinajstić information content (AvgIpc) is 2.39. The second-order valence-electron chi connectivity index (χ2n) is 5.17. The number of nitro groups is 1. The zero-order valence-electron chi connectivity index (χ0n) is 12.6. The SMILES string of the molecule is COC(=O)C(C)(N)CCOc1cc([N+](=O)[O-])c(C)cc1C. The number of nitrogens with zero attached hydrogens (tertiary/aromatic N) is 1. The molecule has 0 aliphatic rings. The standard InChI is InChI=1S/C14H20N2O5/c1-9-7-10(2)12(8-11(9)16(18)19)21-6-5-14(3,15)13(17)20-4/h7-8H,5-6,15H2,1-4H3. The molecule has 0 saturated carbocycles. The van der Waals surface area contributed by atoms with E-state index in [2.05, 4.69) is 4.74 Å². The van der Waals surface area contributed by atoms with Crippen LogP contribution in [0.4, 0.5) is 5.69 Å². The van der Waals surface area contributed by atoms with E-state index in [0.717, 1.165) is 5.56 Å². The molecule has 0 spiro atoms. The third-order valence-corrected chi connectivity index (χ3v) is 3.22. The molecule has 1 aromatic carbocycles. The highest BCUT2D eigenvalue weighted by Gasteiger charge is 2.29. The molecule has 2 N–H and O–H groups in total. The fourth-order valence-corrected chi connectivity index (χ4v) is 1.88. The number of esters is 1. The van der Waals surface area contributed by atoms with Gasteiger partial charge < -0.3 is 15.2 Å². The number of carbonyl (C=O) groups excluding carboxylic acids is 1. The fourth-order valence-electron chi connectivity index (χ4n) is 1.88. The summed E-state index contributed by atoms with van der Waals surface area (Å²) in [6.07, 6.45) is 0.237. The quantitative estimate of drug-likeness (QED) is 0.488. The maximum Gasteiger partial charge on any atom is 0.325 e. The van der Waals surface area contributed by atoms with E-state index in [9.17, 15) is 14.9 Å². The van der Waals surface area contributed by atoms with Crippen molar-refractivity contribution in [2.75, 3.05) is 13.7 Å². The smallest absolute Gasteiger partial charge is 0.325 e. The Kier molecular flexibility index (Phi) is 5.26. The van der Waals surface area contributed by atoms with Gasteiger partial charge in [-0.05, 0) is 32.4 Å². The summed E-state index contributed by atoms with van der Waals surface area (Å²) in [7, 11) is 1.27. The summed E-state index contributed by atoms with van der Waals surface area (Å²) in [6.45, 7) is 5.17. The van der Waals surface area contributed by atoms with Gasteiger partial charge in [0.1, 0.15) is 11.3 Å². The van der Waals surface area contributed by atoms with Crippen LogP contribution in [-0.4, -0.2) is 30.1 Å². The van der Waals surface area contributed by atoms with Gasteiger partial charge in [0.25, 0.3) is 5.69 Å². The number of ether oxygens (including phenoxy) is 2. The maximum absolute atomic E-state index is 11.4. The number of methoxy groups -OCH3 is 1. The molecule has 21 heavy (non-hydrogen) atoms. The summed E-state index contributed by atoms with van der Waals surface area (Å²) >= 11 is 0. The fraction of sp³-hybridized carbons (Fsp3) is 0.500. The summed E-state index contributed by atoms with van der Waals surface area (Å²) in [4.78, 5) is 21.9. The first-order chi connectivity index (χ1) is 9.69. The molecular formula is C14H20N2O5. The van der Waals surface area contributed by atoms with E-state index in [1.807, 2.05) is 0 Å². The van der Waals surface area contributed by atoms with Gasteiger partial charge in [-0.25, -0.2) is 0 Å². The Labute approximate surface area is 123 Å². The second kappa shape index (κ2) is 6.53. The van der Waals surface area contributed by atoms with Gasteiger partial charge in [-0.3, -0.25) is 14.9 Å². The molecule has 116 valence electrons. The molecule has 0 aliphatic carbocycles. The van der Waals surface area contributed by atoms with Crippen LogP contribution >= 0.6 is 0 Å². The molecule has 0 saturated heterocycles. The van der Waals surface area contributed by atoms with Crippen LogP contribution in [0.5, 0.6) is 5.75 Å². The number of nitrogens with two attached hydrogens (primary N) is 1. The summed E-state index contributed by atoms with van der Waals surface area (Å²) in [5, 5.41) is 10.9. The maximum atomic E-state index is 11.4. The van der Waals surface area contributed by atoms with Crippen molar-refractivity contribution in [2.24, 2.45) is 5.73 Å². The van der Waals surface area contributed by atoms with Gasteiger partial charge in [-0.15, -0.1) is 0 Å². The summed E-state index contributed by atoms with van der Waals surface area (Å²) in [5.74, 6) is -0.120. The largest absolute Gasteiger partial charge is 0.493 e. The van der Waals surface area contributed by atoms with E-state index in [0.29, 0.717) is 11.3 Å². The average molecular weight is 296 g/mol. The molecule has 0 heterocycles. The highest BCUT2D eigenvalue weighted by atomic mass is 16.6. The van der Waals surface area contributed by atoms with Crippen LogP contribution in [0.1, 0.15) is 24.5 Å². The van der Waals surface area contributed by atoms with Crippen molar-refractivity contribution in [1.82, 2.24) is 0 Å². The van der Waals surface area contributed by atoms with Crippen molar-refractivity contribution in [2.45, 2.75) is 32.7 Å². The lowest BCUT2D eigenvalue weighted by atomic mass is 10.0. The Morgan fingerprint density at radius 1 is 1.38 bits per heavy atom. The molecule has 7 heteroatoms. The van der Waals surface area contributed by atoms with Gasteiger partial charge in [-0.2, -0.15) is 0 Å². The van der Waals surface area contributed by atoms with Gasteiger partial charge in [0.15, 0.2) is 0 Å². The first kappa shape index (κ1) is 16.9. The number of rotatable bonds is 6. The number of carbonyl (C=O) groups is 1. The number of aryl methyl sites for hydroxylation is 2. The third kappa shape index (κ3) is 4.16. The molecule has 1 atom stereocenters. The molecule has 0 amide bonds. The molecule has 0 bridgehead atoms. The molecule has 0 fully saturated rings. The third-order valence-electron chi connectivity index (χ3n) is 3.22. The van der Waals surface area contributed by atoms with Crippen LogP contribution in [0.2, 0.25) is 0 Å². The lowest BCUT2D eigenvalue weighted by Gasteiger charge is -2.21. The van der Waals surface area contributed by atoms with Crippen LogP contribution < -0.4 is 10.5 Å². The molecule has 0 radical (unpaired) electrons. The van der Waals surface area contributed by atoms with Crippen LogP contribution in [0.25, 0.3) is 0 Å². The van der Waals surface area contributed by atoms with E-state index < -0.39 is 16.4 Å². The number of nitro benzene ring substituents is 1. The summed E-state index contributed by atoms with van der Waals surface area (Å²) in [6, 6.07) is 3.08. The van der Waals surface area contributed by atoms with Gasteiger partial charge >= 0.3 is 5.97 Å². The Bertz CT molecular complexity index is 555. The number of benzene rings is 1. The van der Waals surface area contributed by atoms with E-state index in [1.54, 1.807) is 26.8 Å². The highest BCUT2D eigenvalue weighted by Crippen LogP contribution is 2.28. The van der Waals surface area contributed by atoms with E-state index in [-0.39, 0.29) is 18.7 Å². The minimum absolute atomic E-state index is 0.000854. The lowest BCUT2D eigenvalue weighted by Crippen LogP contribution is -2.46. The summed E-state index contributed by atoms with van der Waals surface area (Å²) < 4.78 is 10.1. The summed E-state index contributed by atoms with van der Waals surface area (Å²) in [5.41, 5.74) is 6.02. The van der Waals surface area contributed by atoms with Gasteiger partial charge in [0.05, 0.1) is 24.7 Å². The van der Waals surface area contributed by atoms with Crippen LogP contribution in [0, 0.1) is 24.0 Å². The van der Waals surface area contributed by atoms with Crippen molar-refractivity contribution in [3.63, 3.8) is 0 Å². The molecule has 1 aromatic rings. The Morgan fingerprint density at radius 3 is 2.52 bits per heavy atom. The first-order valence-electron chi connectivity index (χ1n) is 6.44. The van der Waals surface area contributed by atoms with E-state index in [1.165, 1.54) is 13.2 Å². The Balaban J connectivity index is 2.79. The highest BCUT2D eigenvalue weighted by molar-refractivity contribution is 5.79. The van der Waals surface area contributed by atoms with Gasteiger partial charge in [0, 0.05) is 12.0 Å². The topological polar surface area (TPSA) is 105 Å². The van der Waals surface area contributed by atoms with Crippen molar-refractivity contribution < 1.29 is 19.2 Å². The normalized spacial score (nSPS) is 13.4. The van der Waals surface area contributed by atoms with Crippen LogP contribution in [-0.2, 0) is 9.53 Å². The predicted octanol–water partition coefficient (Wildman–Crippen LogP) is 1.87. The second-order valence-corrected chi connectivity index (χ2v) is 5.17. The van der Waals surface area contributed by atoms with Crippen LogP contribution in [0.3, 0.4) is 0 Å². The molecule has 7 nitrogen and oxygen atoms in total. The van der Waals surface area contributed by atoms with E-state index >= 15 is 0 Å². The zero-order chi connectivity index (χ0) is 16.2. The lowest BCUT2D eigenvalue weighted by molar-refractivity contribution is -0.385. The zero-order valence-corrected chi connectivity index (χ0v) is 12.6. The monoisotopic (exact) mass is 296 g/mol. The predicted molar refractivity (Wildman–Crippen MR) is 77.3 cm³/mol.